The Morgan fingerprint density at radius 2 is 1.67 bits per heavy atom. The lowest BCUT2D eigenvalue weighted by molar-refractivity contribution is -0.140. The molecule has 3 rings (SSSR count). The zero-order valence-electron chi connectivity index (χ0n) is 14.5. The summed E-state index contributed by atoms with van der Waals surface area (Å²) in [5.41, 5.74) is -0.795. The van der Waals surface area contributed by atoms with Crippen LogP contribution in [0.15, 0.2) is 12.1 Å². The van der Waals surface area contributed by atoms with Gasteiger partial charge in [-0.15, -0.1) is 0 Å². The van der Waals surface area contributed by atoms with Gasteiger partial charge in [-0.05, 0) is 31.1 Å². The van der Waals surface area contributed by atoms with E-state index in [1.54, 1.807) is 0 Å². The summed E-state index contributed by atoms with van der Waals surface area (Å²) >= 11 is 0. The van der Waals surface area contributed by atoms with E-state index in [0.29, 0.717) is 37.1 Å². The van der Waals surface area contributed by atoms with Gasteiger partial charge in [0.15, 0.2) is 11.6 Å². The molecule has 1 heterocycles. The largest absolute Gasteiger partial charge is 0.389 e. The van der Waals surface area contributed by atoms with E-state index in [4.69, 9.17) is 0 Å². The number of hydrogen-bond donors (Lipinski definition) is 1. The summed E-state index contributed by atoms with van der Waals surface area (Å²) in [5.74, 6) is -3.70. The average Bonchev–Trinajstić information content (AvgIpc) is 3.13. The quantitative estimate of drug-likeness (QED) is 0.747. The molecule has 1 N–H and O–H groups in total. The van der Waals surface area contributed by atoms with E-state index in [9.17, 15) is 31.1 Å². The molecule has 1 aromatic rings. The summed E-state index contributed by atoms with van der Waals surface area (Å²) in [6.07, 6.45) is -3.45. The summed E-state index contributed by atoms with van der Waals surface area (Å²) < 4.78 is 78.8. The van der Waals surface area contributed by atoms with Gasteiger partial charge < -0.3 is 10.2 Å². The lowest BCUT2D eigenvalue weighted by Crippen LogP contribution is -2.43. The molecule has 0 bridgehead atoms. The molecule has 2 aliphatic rings. The highest BCUT2D eigenvalue weighted by atomic mass is 19.4. The van der Waals surface area contributed by atoms with E-state index in [2.05, 4.69) is 5.32 Å². The Kier molecular flexibility index (Phi) is 5.58. The summed E-state index contributed by atoms with van der Waals surface area (Å²) in [6, 6.07) is -0.617. The molecule has 150 valence electrons. The SMILES string of the molecule is O=C([C@@H](CCC(F)(F)F)Nc1c(F)cc(F)cc1F)N1C[C@H]2CCC[C@H]2C1. The number of nitrogens with zero attached hydrogens (tertiary/aromatic N) is 1. The van der Waals surface area contributed by atoms with Crippen LogP contribution in [0.4, 0.5) is 32.0 Å². The number of likely N-dealkylation sites (tertiary alicyclic amines) is 1. The van der Waals surface area contributed by atoms with Crippen molar-refractivity contribution in [2.45, 2.75) is 44.3 Å². The van der Waals surface area contributed by atoms with Gasteiger partial charge in [0.1, 0.15) is 17.5 Å². The van der Waals surface area contributed by atoms with Crippen LogP contribution in [0.5, 0.6) is 0 Å². The Morgan fingerprint density at radius 3 is 2.19 bits per heavy atom. The molecule has 0 aromatic heterocycles. The van der Waals surface area contributed by atoms with E-state index in [-0.39, 0.29) is 0 Å². The highest BCUT2D eigenvalue weighted by Crippen LogP contribution is 2.38. The third-order valence-electron chi connectivity index (χ3n) is 5.38. The monoisotopic (exact) mass is 394 g/mol. The van der Waals surface area contributed by atoms with Crippen molar-refractivity contribution in [3.63, 3.8) is 0 Å². The zero-order valence-corrected chi connectivity index (χ0v) is 14.5. The van der Waals surface area contributed by atoms with E-state index in [1.807, 2.05) is 0 Å². The maximum atomic E-state index is 13.9. The van der Waals surface area contributed by atoms with Crippen LogP contribution in [0.25, 0.3) is 0 Å². The molecule has 3 atom stereocenters. The molecule has 1 aliphatic heterocycles. The minimum Gasteiger partial charge on any atom is -0.369 e. The number of rotatable bonds is 5. The van der Waals surface area contributed by atoms with Crippen molar-refractivity contribution in [3.8, 4) is 0 Å². The van der Waals surface area contributed by atoms with Gasteiger partial charge in [0.05, 0.1) is 0 Å². The average molecular weight is 394 g/mol. The third-order valence-corrected chi connectivity index (χ3v) is 5.38. The maximum Gasteiger partial charge on any atom is 0.389 e. The Labute approximate surface area is 152 Å². The first-order chi connectivity index (χ1) is 12.6. The molecule has 27 heavy (non-hydrogen) atoms. The van der Waals surface area contributed by atoms with Gasteiger partial charge in [-0.25, -0.2) is 13.2 Å². The Balaban J connectivity index is 1.77. The fourth-order valence-electron chi connectivity index (χ4n) is 4.06. The molecule has 2 fully saturated rings. The van der Waals surface area contributed by atoms with Gasteiger partial charge in [-0.1, -0.05) is 6.42 Å². The highest BCUT2D eigenvalue weighted by molar-refractivity contribution is 5.85. The van der Waals surface area contributed by atoms with Gasteiger partial charge >= 0.3 is 6.18 Å². The van der Waals surface area contributed by atoms with Crippen LogP contribution < -0.4 is 5.32 Å². The fraction of sp³-hybridized carbons (Fsp3) is 0.611. The first kappa shape index (κ1) is 19.8. The summed E-state index contributed by atoms with van der Waals surface area (Å²) in [7, 11) is 0. The second kappa shape index (κ2) is 7.59. The fourth-order valence-corrected chi connectivity index (χ4v) is 4.06. The topological polar surface area (TPSA) is 32.3 Å². The molecular formula is C18H20F6N2O. The molecular weight excluding hydrogens is 374 g/mol. The number of alkyl halides is 3. The number of amides is 1. The first-order valence-corrected chi connectivity index (χ1v) is 8.90. The molecule has 1 saturated carbocycles. The van der Waals surface area contributed by atoms with Crippen molar-refractivity contribution in [2.24, 2.45) is 11.8 Å². The van der Waals surface area contributed by atoms with Gasteiger partial charge in [0.25, 0.3) is 0 Å². The number of halogens is 6. The van der Waals surface area contributed by atoms with Gasteiger partial charge in [-0.3, -0.25) is 4.79 Å². The summed E-state index contributed by atoms with van der Waals surface area (Å²) in [5, 5.41) is 2.25. The number of nitrogens with one attached hydrogen (secondary N) is 1. The third kappa shape index (κ3) is 4.68. The molecule has 9 heteroatoms. The van der Waals surface area contributed by atoms with Crippen LogP contribution in [-0.4, -0.2) is 36.1 Å². The van der Waals surface area contributed by atoms with Crippen molar-refractivity contribution < 1.29 is 31.1 Å². The predicted octanol–water partition coefficient (Wildman–Crippen LogP) is 4.49. The number of carbonyl (C=O) groups excluding carboxylic acids is 1. The molecule has 3 nitrogen and oxygen atoms in total. The van der Waals surface area contributed by atoms with E-state index >= 15 is 0 Å². The first-order valence-electron chi connectivity index (χ1n) is 8.90. The van der Waals surface area contributed by atoms with Crippen molar-refractivity contribution in [1.82, 2.24) is 4.90 Å². The van der Waals surface area contributed by atoms with Crippen LogP contribution >= 0.6 is 0 Å². The normalized spacial score (nSPS) is 23.4. The standard InChI is InChI=1S/C18H20F6N2O/c19-12-6-13(20)16(14(21)7-12)25-15(4-5-18(22,23)24)17(27)26-8-10-2-1-3-11(10)9-26/h6-7,10-11,15,25H,1-5,8-9H2/t10-,11+,15-/m1/s1. The lowest BCUT2D eigenvalue weighted by Gasteiger charge is -2.26. The molecule has 1 saturated heterocycles. The van der Waals surface area contributed by atoms with Gasteiger partial charge in [-0.2, -0.15) is 13.2 Å². The van der Waals surface area contributed by atoms with Crippen molar-refractivity contribution >= 4 is 11.6 Å². The molecule has 0 unspecified atom stereocenters. The second-order valence-corrected chi connectivity index (χ2v) is 7.29. The smallest absolute Gasteiger partial charge is 0.369 e. The van der Waals surface area contributed by atoms with E-state index in [1.165, 1.54) is 4.90 Å². The van der Waals surface area contributed by atoms with Crippen molar-refractivity contribution in [2.75, 3.05) is 18.4 Å². The number of hydrogen-bond acceptors (Lipinski definition) is 2. The van der Waals surface area contributed by atoms with Crippen molar-refractivity contribution in [1.29, 1.82) is 0 Å². The number of benzene rings is 1. The van der Waals surface area contributed by atoms with E-state index < -0.39 is 54.1 Å². The molecule has 0 radical (unpaired) electrons. The Bertz CT molecular complexity index is 673. The lowest BCUT2D eigenvalue weighted by atomic mass is 10.0. The molecule has 1 aromatic carbocycles. The van der Waals surface area contributed by atoms with E-state index in [0.717, 1.165) is 19.3 Å². The van der Waals surface area contributed by atoms with Gasteiger partial charge in [0, 0.05) is 31.6 Å². The van der Waals surface area contributed by atoms with Crippen LogP contribution in [0.2, 0.25) is 0 Å². The molecule has 0 spiro atoms. The predicted molar refractivity (Wildman–Crippen MR) is 86.4 cm³/mol. The maximum absolute atomic E-state index is 13.9. The molecule has 1 aliphatic carbocycles. The summed E-state index contributed by atoms with van der Waals surface area (Å²) in [4.78, 5) is 14.2. The number of fused-ring (bicyclic) bond motifs is 1. The van der Waals surface area contributed by atoms with Gasteiger partial charge in [0.2, 0.25) is 5.91 Å². The van der Waals surface area contributed by atoms with Crippen LogP contribution in [0.3, 0.4) is 0 Å². The zero-order chi connectivity index (χ0) is 19.8. The highest BCUT2D eigenvalue weighted by Gasteiger charge is 2.41. The minimum atomic E-state index is -4.51. The number of anilines is 1. The molecule has 1 amide bonds. The van der Waals surface area contributed by atoms with Crippen LogP contribution in [0, 0.1) is 29.3 Å². The Hall–Kier alpha value is -1.93. The van der Waals surface area contributed by atoms with Crippen molar-refractivity contribution in [3.05, 3.63) is 29.6 Å². The Morgan fingerprint density at radius 1 is 1.11 bits per heavy atom. The van der Waals surface area contributed by atoms with Crippen LogP contribution in [-0.2, 0) is 4.79 Å². The van der Waals surface area contributed by atoms with Crippen LogP contribution in [0.1, 0.15) is 32.1 Å². The summed E-state index contributed by atoms with van der Waals surface area (Å²) in [6.45, 7) is 0.893. The number of carbonyl (C=O) groups is 1. The second-order valence-electron chi connectivity index (χ2n) is 7.29. The minimum absolute atomic E-state index is 0.330.